The molecule has 0 spiro atoms. The Morgan fingerprint density at radius 2 is 2.19 bits per heavy atom. The van der Waals surface area contributed by atoms with E-state index in [1.54, 1.807) is 0 Å². The van der Waals surface area contributed by atoms with E-state index in [0.717, 1.165) is 23.9 Å². The summed E-state index contributed by atoms with van der Waals surface area (Å²) in [4.78, 5) is 8.65. The van der Waals surface area contributed by atoms with Gasteiger partial charge in [-0.05, 0) is 26.5 Å². The van der Waals surface area contributed by atoms with Crippen molar-refractivity contribution in [3.63, 3.8) is 0 Å². The molecule has 0 saturated heterocycles. The fourth-order valence-electron chi connectivity index (χ4n) is 1.12. The fraction of sp³-hybridized carbons (Fsp3) is 0.636. The third-order valence-electron chi connectivity index (χ3n) is 2.12. The van der Waals surface area contributed by atoms with Crippen molar-refractivity contribution in [2.75, 3.05) is 18.1 Å². The molecule has 0 saturated carbocycles. The number of ether oxygens (including phenoxy) is 1. The van der Waals surface area contributed by atoms with Crippen LogP contribution in [0.1, 0.15) is 27.2 Å². The maximum absolute atomic E-state index is 5.69. The predicted molar refractivity (Wildman–Crippen MR) is 68.4 cm³/mol. The smallest absolute Gasteiger partial charge is 0.219 e. The molecule has 5 heteroatoms. The van der Waals surface area contributed by atoms with Crippen molar-refractivity contribution in [3.8, 4) is 5.88 Å². The molecule has 1 N–H and O–H groups in total. The minimum Gasteiger partial charge on any atom is -0.475 e. The van der Waals surface area contributed by atoms with Crippen LogP contribution in [-0.4, -0.2) is 28.9 Å². The molecule has 0 bridgehead atoms. The zero-order valence-corrected chi connectivity index (χ0v) is 11.1. The van der Waals surface area contributed by atoms with Crippen molar-refractivity contribution in [2.45, 2.75) is 38.5 Å². The number of aromatic nitrogens is 2. The van der Waals surface area contributed by atoms with Gasteiger partial charge in [-0.25, -0.2) is 4.98 Å². The highest BCUT2D eigenvalue weighted by molar-refractivity contribution is 7.98. The van der Waals surface area contributed by atoms with E-state index in [-0.39, 0.29) is 6.10 Å². The van der Waals surface area contributed by atoms with Gasteiger partial charge < -0.3 is 10.1 Å². The van der Waals surface area contributed by atoms with Gasteiger partial charge in [-0.15, -0.1) is 0 Å². The van der Waals surface area contributed by atoms with E-state index in [9.17, 15) is 0 Å². The summed E-state index contributed by atoms with van der Waals surface area (Å²) in [6, 6.07) is 1.84. The lowest BCUT2D eigenvalue weighted by molar-refractivity contribution is 0.207. The van der Waals surface area contributed by atoms with Crippen molar-refractivity contribution < 1.29 is 4.74 Å². The minimum atomic E-state index is 0.180. The molecule has 1 aromatic heterocycles. The average molecular weight is 241 g/mol. The second-order valence-electron chi connectivity index (χ2n) is 3.45. The van der Waals surface area contributed by atoms with E-state index in [2.05, 4.69) is 22.2 Å². The van der Waals surface area contributed by atoms with Gasteiger partial charge in [-0.1, -0.05) is 18.7 Å². The van der Waals surface area contributed by atoms with Crippen LogP contribution in [0.2, 0.25) is 0 Å². The molecule has 16 heavy (non-hydrogen) atoms. The Morgan fingerprint density at radius 1 is 1.44 bits per heavy atom. The molecule has 0 aliphatic rings. The number of nitrogens with zero attached hydrogens (tertiary/aromatic N) is 2. The number of anilines is 1. The van der Waals surface area contributed by atoms with Gasteiger partial charge in [-0.2, -0.15) is 4.98 Å². The Bertz CT molecular complexity index is 333. The first-order valence-corrected chi connectivity index (χ1v) is 6.75. The largest absolute Gasteiger partial charge is 0.475 e. The summed E-state index contributed by atoms with van der Waals surface area (Å²) in [5.74, 6) is 1.46. The summed E-state index contributed by atoms with van der Waals surface area (Å²) in [6.07, 6.45) is 3.10. The molecule has 0 aromatic carbocycles. The maximum Gasteiger partial charge on any atom is 0.219 e. The molecule has 0 fully saturated rings. The van der Waals surface area contributed by atoms with Crippen molar-refractivity contribution in [1.82, 2.24) is 9.97 Å². The third-order valence-corrected chi connectivity index (χ3v) is 2.67. The van der Waals surface area contributed by atoms with Crippen LogP contribution in [0.5, 0.6) is 5.88 Å². The van der Waals surface area contributed by atoms with Crippen LogP contribution in [0.3, 0.4) is 0 Å². The number of rotatable bonds is 6. The molecular weight excluding hydrogens is 222 g/mol. The van der Waals surface area contributed by atoms with Crippen molar-refractivity contribution in [3.05, 3.63) is 6.07 Å². The molecule has 0 aliphatic heterocycles. The van der Waals surface area contributed by atoms with E-state index in [0.29, 0.717) is 5.88 Å². The second kappa shape index (κ2) is 6.58. The van der Waals surface area contributed by atoms with E-state index >= 15 is 0 Å². The number of nitrogens with one attached hydrogen (secondary N) is 1. The van der Waals surface area contributed by atoms with Crippen LogP contribution in [0, 0.1) is 0 Å². The standard InChI is InChI=1S/C11H19N3OS/c1-5-8(3)15-10-7-9(12-6-2)13-11(14-10)16-4/h7-8H,5-6H2,1-4H3,(H,12,13,14). The van der Waals surface area contributed by atoms with Gasteiger partial charge in [0, 0.05) is 12.6 Å². The normalized spacial score (nSPS) is 12.2. The molecule has 1 atom stereocenters. The summed E-state index contributed by atoms with van der Waals surface area (Å²) in [7, 11) is 0. The molecule has 1 heterocycles. The summed E-state index contributed by atoms with van der Waals surface area (Å²) in [6.45, 7) is 7.00. The summed E-state index contributed by atoms with van der Waals surface area (Å²) >= 11 is 1.52. The summed E-state index contributed by atoms with van der Waals surface area (Å²) in [5, 5.41) is 3.90. The van der Waals surface area contributed by atoms with Gasteiger partial charge in [0.05, 0.1) is 6.10 Å². The van der Waals surface area contributed by atoms with Crippen LogP contribution in [0.25, 0.3) is 0 Å². The van der Waals surface area contributed by atoms with E-state index in [1.165, 1.54) is 11.8 Å². The van der Waals surface area contributed by atoms with Crippen molar-refractivity contribution >= 4 is 17.6 Å². The average Bonchev–Trinajstić information content (AvgIpc) is 2.29. The Morgan fingerprint density at radius 3 is 2.75 bits per heavy atom. The summed E-state index contributed by atoms with van der Waals surface area (Å²) < 4.78 is 5.69. The quantitative estimate of drug-likeness (QED) is 0.613. The Labute approximate surface area is 101 Å². The van der Waals surface area contributed by atoms with Gasteiger partial charge in [0.25, 0.3) is 0 Å². The van der Waals surface area contributed by atoms with E-state index < -0.39 is 0 Å². The Kier molecular flexibility index (Phi) is 5.38. The van der Waals surface area contributed by atoms with Crippen LogP contribution in [0.15, 0.2) is 11.2 Å². The molecule has 1 aromatic rings. The molecule has 1 rings (SSSR count). The number of thioether (sulfide) groups is 1. The molecule has 4 nitrogen and oxygen atoms in total. The van der Waals surface area contributed by atoms with Gasteiger partial charge in [0.1, 0.15) is 5.82 Å². The zero-order chi connectivity index (χ0) is 12.0. The predicted octanol–water partition coefficient (Wildman–Crippen LogP) is 2.81. The lowest BCUT2D eigenvalue weighted by Gasteiger charge is -2.13. The molecule has 90 valence electrons. The lowest BCUT2D eigenvalue weighted by Crippen LogP contribution is -2.12. The minimum absolute atomic E-state index is 0.180. The van der Waals surface area contributed by atoms with Gasteiger partial charge in [-0.3, -0.25) is 0 Å². The second-order valence-corrected chi connectivity index (χ2v) is 4.22. The molecule has 1 unspecified atom stereocenters. The molecular formula is C11H19N3OS. The highest BCUT2D eigenvalue weighted by Gasteiger charge is 2.07. The fourth-order valence-corrected chi connectivity index (χ4v) is 1.49. The Hall–Kier alpha value is -0.970. The van der Waals surface area contributed by atoms with E-state index in [4.69, 9.17) is 4.74 Å². The third kappa shape index (κ3) is 3.89. The van der Waals surface area contributed by atoms with Gasteiger partial charge in [0.2, 0.25) is 5.88 Å². The monoisotopic (exact) mass is 241 g/mol. The first-order valence-electron chi connectivity index (χ1n) is 5.53. The lowest BCUT2D eigenvalue weighted by atomic mass is 10.3. The topological polar surface area (TPSA) is 47.0 Å². The summed E-state index contributed by atoms with van der Waals surface area (Å²) in [5.41, 5.74) is 0. The first kappa shape index (κ1) is 13.1. The first-order chi connectivity index (χ1) is 7.69. The molecule has 0 radical (unpaired) electrons. The van der Waals surface area contributed by atoms with Crippen LogP contribution in [0.4, 0.5) is 5.82 Å². The van der Waals surface area contributed by atoms with Crippen LogP contribution < -0.4 is 10.1 Å². The number of hydrogen-bond acceptors (Lipinski definition) is 5. The highest BCUT2D eigenvalue weighted by Crippen LogP contribution is 2.20. The van der Waals surface area contributed by atoms with E-state index in [1.807, 2.05) is 26.2 Å². The maximum atomic E-state index is 5.69. The van der Waals surface area contributed by atoms with Gasteiger partial charge in [0.15, 0.2) is 5.16 Å². The molecule has 0 amide bonds. The highest BCUT2D eigenvalue weighted by atomic mass is 32.2. The van der Waals surface area contributed by atoms with Crippen LogP contribution in [-0.2, 0) is 0 Å². The zero-order valence-electron chi connectivity index (χ0n) is 10.3. The van der Waals surface area contributed by atoms with Gasteiger partial charge >= 0.3 is 0 Å². The Balaban J connectivity index is 2.85. The van der Waals surface area contributed by atoms with Crippen molar-refractivity contribution in [2.24, 2.45) is 0 Å². The molecule has 0 aliphatic carbocycles. The SMILES string of the molecule is CCNc1cc(OC(C)CC)nc(SC)n1. The van der Waals surface area contributed by atoms with Crippen molar-refractivity contribution in [1.29, 1.82) is 0 Å². The van der Waals surface area contributed by atoms with Crippen LogP contribution >= 0.6 is 11.8 Å². The number of hydrogen-bond donors (Lipinski definition) is 1.